The molecule has 0 amide bonds. The minimum absolute atomic E-state index is 0. The Labute approximate surface area is 75.7 Å². The Bertz CT molecular complexity index is 11.6. The van der Waals surface area contributed by atoms with E-state index in [1.165, 1.54) is 7.79 Å². The van der Waals surface area contributed by atoms with Crippen LogP contribution in [-0.2, 0) is 0 Å². The van der Waals surface area contributed by atoms with Crippen LogP contribution in [0.4, 0.5) is 0 Å². The molecule has 0 aliphatic carbocycles. The van der Waals surface area contributed by atoms with E-state index < -0.39 is 0 Å². The van der Waals surface area contributed by atoms with Gasteiger partial charge in [0.25, 0.3) is 0 Å². The summed E-state index contributed by atoms with van der Waals surface area (Å²) < 4.78 is 0. The second-order valence-electron chi connectivity index (χ2n) is 0. The fourth-order valence-electron chi connectivity index (χ4n) is 0. The van der Waals surface area contributed by atoms with Crippen molar-refractivity contribution in [1.82, 2.24) is 0 Å². The van der Waals surface area contributed by atoms with Gasteiger partial charge >= 0.3 is 75.5 Å². The van der Waals surface area contributed by atoms with Gasteiger partial charge in [-0.15, -0.1) is 0 Å². The first-order chi connectivity index (χ1) is 1.00. The molecule has 0 heterocycles. The Morgan fingerprint density at radius 1 is 1.50 bits per heavy atom. The predicted octanol–water partition coefficient (Wildman–Crippen LogP) is -5.63. The molecular formula is H7LiPbSiTe. The van der Waals surface area contributed by atoms with Crippen molar-refractivity contribution in [3.63, 3.8) is 0 Å². The molecule has 0 rings (SSSR count). The third-order valence-electron chi connectivity index (χ3n) is 0. The van der Waals surface area contributed by atoms with E-state index in [1.807, 2.05) is 21.5 Å². The molecule has 0 N–H and O–H groups in total. The van der Waals surface area contributed by atoms with Crippen LogP contribution < -0.4 is 18.9 Å². The van der Waals surface area contributed by atoms with E-state index in [4.69, 9.17) is 0 Å². The summed E-state index contributed by atoms with van der Waals surface area (Å²) in [5.41, 5.74) is 0. The predicted molar refractivity (Wildman–Crippen MR) is 26.7 cm³/mol. The van der Waals surface area contributed by atoms with Crippen molar-refractivity contribution in [2.75, 3.05) is 0 Å². The van der Waals surface area contributed by atoms with Crippen LogP contribution in [0.25, 0.3) is 0 Å². The van der Waals surface area contributed by atoms with Crippen molar-refractivity contribution >= 4 is 56.6 Å². The molecule has 0 aliphatic rings. The quantitative estimate of drug-likeness (QED) is 0.370. The molecule has 0 saturated heterocycles. The summed E-state index contributed by atoms with van der Waals surface area (Å²) in [6.45, 7) is 0. The fraction of sp³-hybridized carbons (Fsp3) is 0. The van der Waals surface area contributed by atoms with Crippen molar-refractivity contribution in [1.29, 1.82) is 0 Å². The molecule has 0 fully saturated rings. The summed E-state index contributed by atoms with van der Waals surface area (Å²) in [5.74, 6) is 0. The molecular weight excluding hydrogens is 370 g/mol. The Balaban J connectivity index is -0.00000000167. The maximum absolute atomic E-state index is 1.89. The molecule has 0 bridgehead atoms. The van der Waals surface area contributed by atoms with Gasteiger partial charge in [-0.05, 0) is 0 Å². The van der Waals surface area contributed by atoms with E-state index in [0.717, 1.165) is 0 Å². The third-order valence-corrected chi connectivity index (χ3v) is 0. The Morgan fingerprint density at radius 2 is 1.50 bits per heavy atom. The van der Waals surface area contributed by atoms with E-state index in [1.54, 1.807) is 0 Å². The summed E-state index contributed by atoms with van der Waals surface area (Å²) in [5, 5.41) is 0. The van der Waals surface area contributed by atoms with E-state index in [2.05, 4.69) is 0 Å². The van der Waals surface area contributed by atoms with Gasteiger partial charge in [0.2, 0.25) is 0 Å². The van der Waals surface area contributed by atoms with Crippen molar-refractivity contribution in [3.8, 4) is 0 Å². The first-order valence-corrected chi connectivity index (χ1v) is 9.00. The Kier molecular flexibility index (Phi) is 71.1. The van der Waals surface area contributed by atoms with Crippen LogP contribution >= 0.6 is 0 Å². The minimum atomic E-state index is 0. The number of hydrogen-bond acceptors (Lipinski definition) is 0. The molecule has 0 atom stereocenters. The molecule has 0 aromatic rings. The van der Waals surface area contributed by atoms with Gasteiger partial charge in [0.05, 0.1) is 0 Å². The van der Waals surface area contributed by atoms with Crippen molar-refractivity contribution in [2.24, 2.45) is 0 Å². The SMILES string of the molecule is [H-].[Li+].[PbH2].[SiH3][TeH]. The molecule has 0 aromatic carbocycles. The average molecular weight is 377 g/mol. The van der Waals surface area contributed by atoms with Crippen LogP contribution in [0.3, 0.4) is 0 Å². The molecule has 0 unspecified atom stereocenters. The van der Waals surface area contributed by atoms with Gasteiger partial charge in [0.1, 0.15) is 0 Å². The van der Waals surface area contributed by atoms with Crippen LogP contribution in [0.15, 0.2) is 0 Å². The maximum atomic E-state index is 1.89. The Hall–Kier alpha value is 2.53. The van der Waals surface area contributed by atoms with Crippen molar-refractivity contribution < 1.29 is 20.3 Å². The summed E-state index contributed by atoms with van der Waals surface area (Å²) >= 11 is 1.89. The monoisotopic (exact) mass is 380 g/mol. The first kappa shape index (κ1) is 16.0. The summed E-state index contributed by atoms with van der Waals surface area (Å²) in [6.07, 6.45) is 0. The van der Waals surface area contributed by atoms with E-state index >= 15 is 0 Å². The number of hydrogen-bond donors (Lipinski definition) is 0. The van der Waals surface area contributed by atoms with Crippen LogP contribution in [0.1, 0.15) is 1.43 Å². The van der Waals surface area contributed by atoms with Crippen molar-refractivity contribution in [3.05, 3.63) is 0 Å². The van der Waals surface area contributed by atoms with Crippen LogP contribution in [-0.4, -0.2) is 56.6 Å². The summed E-state index contributed by atoms with van der Waals surface area (Å²) in [6, 6.07) is 0. The zero-order chi connectivity index (χ0) is 2.00. The van der Waals surface area contributed by atoms with Crippen LogP contribution in [0.2, 0.25) is 0 Å². The fourth-order valence-corrected chi connectivity index (χ4v) is 0. The average Bonchev–Trinajstić information content (AvgIpc) is 1.00. The number of rotatable bonds is 0. The van der Waals surface area contributed by atoms with Gasteiger partial charge in [-0.3, -0.25) is 0 Å². The molecule has 0 spiro atoms. The van der Waals surface area contributed by atoms with E-state index in [0.29, 0.717) is 0 Å². The molecule has 0 saturated carbocycles. The van der Waals surface area contributed by atoms with E-state index in [9.17, 15) is 0 Å². The molecule has 4 heavy (non-hydrogen) atoms. The van der Waals surface area contributed by atoms with Crippen molar-refractivity contribution in [2.45, 2.75) is 0 Å². The normalized spacial score (nSPS) is 2.25. The van der Waals surface area contributed by atoms with Crippen LogP contribution in [0.5, 0.6) is 0 Å². The summed E-state index contributed by atoms with van der Waals surface area (Å²) in [4.78, 5) is 0. The zero-order valence-electron chi connectivity index (χ0n) is 4.15. The molecule has 4 heteroatoms. The molecule has 0 aliphatic heterocycles. The van der Waals surface area contributed by atoms with Gasteiger partial charge in [-0.2, -0.15) is 0 Å². The van der Waals surface area contributed by atoms with Gasteiger partial charge < -0.3 is 1.43 Å². The van der Waals surface area contributed by atoms with Gasteiger partial charge in [0, 0.05) is 0 Å². The molecule has 22 valence electrons. The third kappa shape index (κ3) is 8.82. The molecule has 0 aromatic heterocycles. The Morgan fingerprint density at radius 3 is 1.50 bits per heavy atom. The summed E-state index contributed by atoms with van der Waals surface area (Å²) in [7, 11) is 1.36. The van der Waals surface area contributed by atoms with E-state index in [-0.39, 0.29) is 47.6 Å². The molecule has 2 radical (unpaired) electrons. The molecule has 0 nitrogen and oxygen atoms in total. The van der Waals surface area contributed by atoms with Gasteiger partial charge in [0.15, 0.2) is 0 Å². The zero-order valence-corrected chi connectivity index (χ0v) is 13.2. The van der Waals surface area contributed by atoms with Gasteiger partial charge in [-0.25, -0.2) is 0 Å². The first-order valence-electron chi connectivity index (χ1n) is 0.447. The second kappa shape index (κ2) is 17.7. The standard InChI is InChI=1S/Li.Pb.H4SiTe.3H/c;;1-2;;;/h;;2H,1H3;;;/q+1;;;;;-1. The van der Waals surface area contributed by atoms with Gasteiger partial charge in [-0.1, -0.05) is 0 Å². The second-order valence-corrected chi connectivity index (χ2v) is 0. The van der Waals surface area contributed by atoms with Crippen LogP contribution in [0, 0.1) is 0 Å². The topological polar surface area (TPSA) is 0 Å².